The highest BCUT2D eigenvalue weighted by Crippen LogP contribution is 2.42. The van der Waals surface area contributed by atoms with Gasteiger partial charge in [-0.3, -0.25) is 29.0 Å². The van der Waals surface area contributed by atoms with E-state index in [4.69, 9.17) is 83.9 Å². The number of carbonyl (C=O) groups is 4. The minimum Gasteiger partial charge on any atom is -0.481 e. The third kappa shape index (κ3) is 24.1. The fourth-order valence-electron chi connectivity index (χ4n) is 14.4. The molecule has 30 heteroatoms. The van der Waals surface area contributed by atoms with Crippen molar-refractivity contribution in [3.8, 4) is 68.3 Å². The maximum Gasteiger partial charge on any atom is 0.410 e. The Kier molecular flexibility index (Phi) is 31.5. The largest absolute Gasteiger partial charge is 0.481 e. The minimum absolute atomic E-state index is 0. The van der Waals surface area contributed by atoms with Crippen LogP contribution in [0.3, 0.4) is 0 Å². The zero-order valence-electron chi connectivity index (χ0n) is 69.2. The molecule has 9 aromatic carbocycles. The van der Waals surface area contributed by atoms with Gasteiger partial charge < -0.3 is 61.1 Å². The van der Waals surface area contributed by atoms with E-state index in [9.17, 15) is 18.8 Å². The summed E-state index contributed by atoms with van der Waals surface area (Å²) in [5.74, 6) is 4.00. The molecule has 2 amide bonds. The molecule has 5 aromatic heterocycles. The summed E-state index contributed by atoms with van der Waals surface area (Å²) in [5.41, 5.74) is 24.9. The number of nitrogen functional groups attached to an aromatic ring is 2. The lowest BCUT2D eigenvalue weighted by atomic mass is 10.0. The summed E-state index contributed by atoms with van der Waals surface area (Å²) in [6, 6.07) is 63.7. The number of carboxylic acid groups (broad SMARTS) is 1. The van der Waals surface area contributed by atoms with Crippen LogP contribution in [0.2, 0.25) is 0 Å². The molecular weight excluding hydrogens is 1610 g/mol. The zero-order chi connectivity index (χ0) is 87.5. The van der Waals surface area contributed by atoms with Gasteiger partial charge in [-0.1, -0.05) is 76.0 Å². The molecule has 0 saturated carbocycles. The summed E-state index contributed by atoms with van der Waals surface area (Å²) in [6.07, 6.45) is 9.65. The van der Waals surface area contributed by atoms with E-state index >= 15 is 0 Å². The fourth-order valence-corrected chi connectivity index (χ4v) is 14.4. The number of fused-ring (bicyclic) bond motifs is 5. The molecular formula is C95H104ClFN18O10. The quantitative estimate of drug-likeness (QED) is 0.0205. The van der Waals surface area contributed by atoms with Crippen molar-refractivity contribution in [2.45, 2.75) is 131 Å². The number of aromatic nitrogens is 10. The number of allylic oxidation sites excluding steroid dienone is 1. The highest BCUT2D eigenvalue weighted by atomic mass is 35.5. The van der Waals surface area contributed by atoms with Gasteiger partial charge in [0.25, 0.3) is 5.97 Å². The number of amides is 2. The SMILES string of the molecule is C.C.C=CC(=O)Cl.CC(=O)O.CC(C)(C)OC(=O)N1CCCC(n2nc(-c3ccc(Oc4ccccc4)cc3)c3cc4c(N)ncnc4cc32)C1.N=CN.Nc1ncnc2cc3c(cc12)c(-c1ccc(Oc2ccccc2)cc1)nn3C1CCCNC1.[C-]#[N+]c1cc2c(-c3ccc(Oc4ccccc4)cc3)nn(C3CCCN(C(=O)OC(C)(C)C)C3)c2cc1F. The van der Waals surface area contributed by atoms with E-state index in [0.29, 0.717) is 66.2 Å². The highest BCUT2D eigenvalue weighted by Gasteiger charge is 2.34. The number of para-hydroxylation sites is 3. The molecule has 0 bridgehead atoms. The van der Waals surface area contributed by atoms with Gasteiger partial charge in [-0.05, 0) is 250 Å². The molecule has 17 rings (SSSR count). The summed E-state index contributed by atoms with van der Waals surface area (Å²) in [7, 11) is 0. The number of likely N-dealkylation sites (tertiary alicyclic amines) is 2. The van der Waals surface area contributed by atoms with Gasteiger partial charge in [0.1, 0.15) is 87.2 Å². The molecule has 3 unspecified atom stereocenters. The van der Waals surface area contributed by atoms with Gasteiger partial charge >= 0.3 is 12.2 Å². The average Bonchev–Trinajstić information content (AvgIpc) is 1.62. The van der Waals surface area contributed by atoms with Crippen molar-refractivity contribution >= 4 is 113 Å². The zero-order valence-corrected chi connectivity index (χ0v) is 70.0. The number of hydrogen-bond donors (Lipinski definition) is 6. The average molecular weight is 1710 g/mol. The number of ether oxygens (including phenoxy) is 5. The summed E-state index contributed by atoms with van der Waals surface area (Å²) in [4.78, 5) is 68.2. The van der Waals surface area contributed by atoms with Gasteiger partial charge in [-0.15, -0.1) is 0 Å². The first kappa shape index (κ1) is 92.9. The van der Waals surface area contributed by atoms with Crippen LogP contribution < -0.4 is 36.7 Å². The van der Waals surface area contributed by atoms with E-state index in [2.05, 4.69) is 71.4 Å². The Balaban J connectivity index is 0.000000183. The van der Waals surface area contributed by atoms with Gasteiger partial charge in [0, 0.05) is 83.3 Å². The summed E-state index contributed by atoms with van der Waals surface area (Å²) >= 11 is 4.71. The van der Waals surface area contributed by atoms with Crippen molar-refractivity contribution in [1.82, 2.24) is 64.4 Å². The maximum atomic E-state index is 14.8. The third-order valence-corrected chi connectivity index (χ3v) is 19.9. The molecule has 3 aliphatic rings. The number of anilines is 2. The van der Waals surface area contributed by atoms with E-state index in [0.717, 1.165) is 171 Å². The molecule has 3 aliphatic heterocycles. The highest BCUT2D eigenvalue weighted by molar-refractivity contribution is 6.66. The van der Waals surface area contributed by atoms with Crippen LogP contribution in [0.25, 0.3) is 93.1 Å². The van der Waals surface area contributed by atoms with E-state index in [1.165, 1.54) is 18.7 Å². The molecule has 0 radical (unpaired) electrons. The standard InChI is InChI=1S/C31H32N6O3.C30H29FN4O3.C26H24N6O.C3H3ClO.C2H4O2.CH4N2.2CH4/c1-31(2,3)40-30(38)36-15-7-8-21(18-36)37-27-17-26-24(29(32)34-19-33-26)16-25(27)28(35-37)20-11-13-23(14-12-20)39-22-9-5-4-6-10-22;1-30(2,3)38-29(36)34-16-8-9-21(19-34)35-27-18-25(31)26(32-4)17-24(27)28(33-35)20-12-14-23(15-13-20)37-22-10-6-5-7-11-22;27-26-21-13-22-24(14-23(21)29-16-30-26)32(18-5-4-12-28-15-18)31-25(22)17-8-10-20(11-9-17)33-19-6-2-1-3-7-19;1-2-3(4)5;1-2(3)4;2-1-3;;/h4-6,9-14,16-17,19,21H,7-8,15,18H2,1-3H3,(H2,32,33,34);5-7,10-15,17-18,21H,8-9,16,19H2,1-3H3;1-3,6-11,13-14,16,18,28H,4-5,12,15H2,(H2,27,29,30);2H,1H2;1H3,(H,3,4);1H,(H3,2,3);2*1H4. The number of hydrogen-bond acceptors (Lipinski definition) is 20. The van der Waals surface area contributed by atoms with Crippen LogP contribution in [0.4, 0.5) is 31.3 Å². The van der Waals surface area contributed by atoms with E-state index in [-0.39, 0.29) is 44.8 Å². The second-order valence-electron chi connectivity index (χ2n) is 31.1. The van der Waals surface area contributed by atoms with Gasteiger partial charge in [0.15, 0.2) is 0 Å². The van der Waals surface area contributed by atoms with Crippen LogP contribution in [0, 0.1) is 17.8 Å². The number of carboxylic acids is 1. The van der Waals surface area contributed by atoms with Crippen molar-refractivity contribution in [3.63, 3.8) is 0 Å². The molecule has 0 aliphatic carbocycles. The van der Waals surface area contributed by atoms with Crippen molar-refractivity contribution in [3.05, 3.63) is 243 Å². The smallest absolute Gasteiger partial charge is 0.410 e. The van der Waals surface area contributed by atoms with Crippen LogP contribution in [0.5, 0.6) is 34.5 Å². The number of benzene rings is 9. The summed E-state index contributed by atoms with van der Waals surface area (Å²) in [5, 5.41) is 35.7. The van der Waals surface area contributed by atoms with E-state index in [1.54, 1.807) is 20.5 Å². The molecule has 28 nitrogen and oxygen atoms in total. The van der Waals surface area contributed by atoms with Gasteiger partial charge in [0.05, 0.1) is 64.3 Å². The van der Waals surface area contributed by atoms with Gasteiger partial charge in [-0.2, -0.15) is 15.3 Å². The van der Waals surface area contributed by atoms with E-state index < -0.39 is 28.2 Å². The normalized spacial score (nSPS) is 14.7. The molecule has 648 valence electrons. The first-order chi connectivity index (χ1) is 59.1. The molecule has 3 atom stereocenters. The van der Waals surface area contributed by atoms with Crippen LogP contribution >= 0.6 is 11.6 Å². The molecule has 9 N–H and O–H groups in total. The Bertz CT molecular complexity index is 6090. The topological polar surface area (TPSA) is 364 Å². The Morgan fingerprint density at radius 1 is 0.536 bits per heavy atom. The lowest BCUT2D eigenvalue weighted by molar-refractivity contribution is -0.134. The molecule has 125 heavy (non-hydrogen) atoms. The Hall–Kier alpha value is -14.4. The molecule has 3 fully saturated rings. The van der Waals surface area contributed by atoms with Crippen LogP contribution in [-0.4, -0.2) is 144 Å². The lowest BCUT2D eigenvalue weighted by Gasteiger charge is -2.34. The summed E-state index contributed by atoms with van der Waals surface area (Å²) < 4.78 is 49.9. The monoisotopic (exact) mass is 1710 g/mol. The van der Waals surface area contributed by atoms with Crippen molar-refractivity contribution in [1.29, 1.82) is 5.41 Å². The predicted molar refractivity (Wildman–Crippen MR) is 490 cm³/mol. The summed E-state index contributed by atoms with van der Waals surface area (Å²) in [6.45, 7) is 26.9. The number of rotatable bonds is 13. The number of nitrogens with two attached hydrogens (primary N) is 3. The fraction of sp³-hybridized carbons (Fsp3) is 0.274. The van der Waals surface area contributed by atoms with Crippen molar-refractivity contribution < 1.29 is 52.4 Å². The third-order valence-electron chi connectivity index (χ3n) is 19.8. The number of piperidine rings is 3. The molecule has 0 spiro atoms. The number of carbonyl (C=O) groups excluding carboxylic acids is 3. The molecule has 3 saturated heterocycles. The Morgan fingerprint density at radius 2 is 0.864 bits per heavy atom. The number of aliphatic carboxylic acids is 1. The van der Waals surface area contributed by atoms with Crippen molar-refractivity contribution in [2.75, 3.05) is 50.7 Å². The molecule has 14 aromatic rings. The maximum absolute atomic E-state index is 14.8. The first-order valence-corrected chi connectivity index (χ1v) is 40.4. The number of halogens is 2. The Morgan fingerprint density at radius 3 is 1.19 bits per heavy atom. The van der Waals surface area contributed by atoms with Crippen LogP contribution in [0.1, 0.15) is 120 Å². The second kappa shape index (κ2) is 42.4. The first-order valence-electron chi connectivity index (χ1n) is 40.0. The van der Waals surface area contributed by atoms with Gasteiger partial charge in [0.2, 0.25) is 10.9 Å². The second-order valence-corrected chi connectivity index (χ2v) is 31.4. The lowest BCUT2D eigenvalue weighted by Crippen LogP contribution is -2.43. The van der Waals surface area contributed by atoms with Crippen molar-refractivity contribution in [2.24, 2.45) is 5.73 Å². The van der Waals surface area contributed by atoms with Gasteiger partial charge in [-0.25, -0.2) is 38.8 Å². The Labute approximate surface area is 730 Å². The van der Waals surface area contributed by atoms with E-state index in [1.807, 2.05) is 210 Å². The number of nitrogens with zero attached hydrogens (tertiary/aromatic N) is 13. The minimum atomic E-state index is -0.833. The van der Waals surface area contributed by atoms with Crippen LogP contribution in [0.15, 0.2) is 225 Å². The number of nitrogens with one attached hydrogen (secondary N) is 2. The molecule has 8 heterocycles. The predicted octanol–water partition coefficient (Wildman–Crippen LogP) is 21.1. The van der Waals surface area contributed by atoms with Crippen LogP contribution in [-0.2, 0) is 19.1 Å².